The second kappa shape index (κ2) is 6.14. The molecule has 1 N–H and O–H groups in total. The molecule has 116 valence electrons. The van der Waals surface area contributed by atoms with Gasteiger partial charge in [-0.3, -0.25) is 0 Å². The van der Waals surface area contributed by atoms with E-state index in [4.69, 9.17) is 9.84 Å². The van der Waals surface area contributed by atoms with Crippen LogP contribution in [0.25, 0.3) is 0 Å². The van der Waals surface area contributed by atoms with Gasteiger partial charge in [0.2, 0.25) is 0 Å². The van der Waals surface area contributed by atoms with Gasteiger partial charge in [0.1, 0.15) is 5.82 Å². The first-order valence-corrected chi connectivity index (χ1v) is 7.40. The van der Waals surface area contributed by atoms with E-state index in [1.807, 2.05) is 0 Å². The van der Waals surface area contributed by atoms with E-state index >= 15 is 0 Å². The van der Waals surface area contributed by atoms with Crippen LogP contribution in [0.1, 0.15) is 56.0 Å². The Balaban J connectivity index is 1.97. The fourth-order valence-electron chi connectivity index (χ4n) is 3.42. The van der Waals surface area contributed by atoms with Crippen molar-refractivity contribution in [3.63, 3.8) is 0 Å². The minimum atomic E-state index is -1.25. The topological polar surface area (TPSA) is 46.5 Å². The van der Waals surface area contributed by atoms with Gasteiger partial charge >= 0.3 is 5.97 Å². The Labute approximate surface area is 125 Å². The number of carboxylic acids is 1. The monoisotopic (exact) mass is 294 g/mol. The molecule has 2 atom stereocenters. The summed E-state index contributed by atoms with van der Waals surface area (Å²) in [5.41, 5.74) is 0.653. The van der Waals surface area contributed by atoms with Crippen molar-refractivity contribution in [3.8, 4) is 0 Å². The van der Waals surface area contributed by atoms with Crippen LogP contribution in [0.4, 0.5) is 4.39 Å². The summed E-state index contributed by atoms with van der Waals surface area (Å²) in [6.07, 6.45) is 3.42. The molecule has 4 heteroatoms. The number of aromatic carboxylic acids is 1. The third kappa shape index (κ3) is 4.27. The van der Waals surface area contributed by atoms with Crippen LogP contribution in [0, 0.1) is 17.2 Å². The molecule has 0 aliphatic heterocycles. The van der Waals surface area contributed by atoms with Gasteiger partial charge in [-0.15, -0.1) is 0 Å². The van der Waals surface area contributed by atoms with Crippen molar-refractivity contribution in [1.29, 1.82) is 0 Å². The van der Waals surface area contributed by atoms with Crippen LogP contribution < -0.4 is 0 Å². The maximum Gasteiger partial charge on any atom is 0.338 e. The maximum atomic E-state index is 13.6. The molecule has 1 aliphatic carbocycles. The highest BCUT2D eigenvalue weighted by Gasteiger charge is 2.32. The van der Waals surface area contributed by atoms with E-state index in [1.54, 1.807) is 6.07 Å². The number of halogens is 1. The normalized spacial score (nSPS) is 24.8. The summed E-state index contributed by atoms with van der Waals surface area (Å²) < 4.78 is 19.5. The van der Waals surface area contributed by atoms with Gasteiger partial charge in [-0.05, 0) is 48.3 Å². The Kier molecular flexibility index (Phi) is 4.67. The molecule has 2 rings (SSSR count). The first kappa shape index (κ1) is 16.0. The van der Waals surface area contributed by atoms with Gasteiger partial charge < -0.3 is 9.84 Å². The summed E-state index contributed by atoms with van der Waals surface area (Å²) >= 11 is 0. The van der Waals surface area contributed by atoms with Crippen LogP contribution in [-0.4, -0.2) is 17.2 Å². The number of carbonyl (C=O) groups is 1. The third-order valence-corrected chi connectivity index (χ3v) is 4.10. The lowest BCUT2D eigenvalue weighted by Gasteiger charge is -2.38. The molecule has 1 fully saturated rings. The average molecular weight is 294 g/mol. The summed E-state index contributed by atoms with van der Waals surface area (Å²) in [7, 11) is 0. The zero-order chi connectivity index (χ0) is 15.6. The molecule has 3 nitrogen and oxygen atoms in total. The van der Waals surface area contributed by atoms with Crippen molar-refractivity contribution >= 4 is 5.97 Å². The zero-order valence-electron chi connectivity index (χ0n) is 12.9. The molecule has 1 saturated carbocycles. The van der Waals surface area contributed by atoms with Crippen LogP contribution >= 0.6 is 0 Å². The number of carboxylic acid groups (broad SMARTS) is 1. The number of hydrogen-bond donors (Lipinski definition) is 1. The largest absolute Gasteiger partial charge is 0.478 e. The molecule has 0 heterocycles. The van der Waals surface area contributed by atoms with Crippen molar-refractivity contribution in [3.05, 3.63) is 35.1 Å². The summed E-state index contributed by atoms with van der Waals surface area (Å²) in [6.45, 7) is 7.06. The Morgan fingerprint density at radius 1 is 1.43 bits per heavy atom. The van der Waals surface area contributed by atoms with E-state index in [0.29, 0.717) is 18.1 Å². The Bertz CT molecular complexity index is 525. The number of rotatable bonds is 4. The highest BCUT2D eigenvalue weighted by molar-refractivity contribution is 5.87. The first-order valence-electron chi connectivity index (χ1n) is 7.40. The van der Waals surface area contributed by atoms with Crippen molar-refractivity contribution in [2.24, 2.45) is 11.3 Å². The van der Waals surface area contributed by atoms with Gasteiger partial charge in [0.05, 0.1) is 18.3 Å². The lowest BCUT2D eigenvalue weighted by molar-refractivity contribution is -0.0317. The molecule has 0 saturated heterocycles. The van der Waals surface area contributed by atoms with E-state index in [0.717, 1.165) is 12.8 Å². The van der Waals surface area contributed by atoms with Gasteiger partial charge in [0.15, 0.2) is 0 Å². The second-order valence-electron chi connectivity index (χ2n) is 6.97. The Morgan fingerprint density at radius 2 is 2.14 bits per heavy atom. The minimum absolute atomic E-state index is 0.186. The van der Waals surface area contributed by atoms with E-state index in [-0.39, 0.29) is 17.1 Å². The highest BCUT2D eigenvalue weighted by Crippen LogP contribution is 2.39. The average Bonchev–Trinajstić information content (AvgIpc) is 2.33. The van der Waals surface area contributed by atoms with Crippen molar-refractivity contribution in [2.75, 3.05) is 0 Å². The lowest BCUT2D eigenvalue weighted by atomic mass is 9.71. The Morgan fingerprint density at radius 3 is 2.71 bits per heavy atom. The zero-order valence-corrected chi connectivity index (χ0v) is 12.9. The summed E-state index contributed by atoms with van der Waals surface area (Å²) in [4.78, 5) is 10.8. The van der Waals surface area contributed by atoms with Crippen molar-refractivity contribution in [1.82, 2.24) is 0 Å². The van der Waals surface area contributed by atoms with E-state index in [2.05, 4.69) is 20.8 Å². The third-order valence-electron chi connectivity index (χ3n) is 4.10. The molecule has 2 unspecified atom stereocenters. The molecule has 0 radical (unpaired) electrons. The fourth-order valence-corrected chi connectivity index (χ4v) is 3.42. The smallest absolute Gasteiger partial charge is 0.338 e. The quantitative estimate of drug-likeness (QED) is 0.902. The molecule has 0 amide bonds. The van der Waals surface area contributed by atoms with Gasteiger partial charge in [-0.2, -0.15) is 0 Å². The molecular formula is C17H23FO3. The number of hydrogen-bond acceptors (Lipinski definition) is 2. The molecule has 21 heavy (non-hydrogen) atoms. The standard InChI is InChI=1S/C17H23FO3/c1-11-6-13(9-17(2,3)8-11)21-10-12-4-5-14(16(19)20)15(18)7-12/h4-5,7,11,13H,6,8-10H2,1-3H3,(H,19,20). The van der Waals surface area contributed by atoms with E-state index in [1.165, 1.54) is 18.6 Å². The minimum Gasteiger partial charge on any atom is -0.478 e. The maximum absolute atomic E-state index is 13.6. The van der Waals surface area contributed by atoms with Crippen molar-refractivity contribution in [2.45, 2.75) is 52.7 Å². The van der Waals surface area contributed by atoms with Crippen molar-refractivity contribution < 1.29 is 19.0 Å². The summed E-state index contributed by atoms with van der Waals surface area (Å²) in [5.74, 6) is -1.33. The van der Waals surface area contributed by atoms with Crippen LogP contribution in [0.2, 0.25) is 0 Å². The SMILES string of the molecule is CC1CC(OCc2ccc(C(=O)O)c(F)c2)CC(C)(C)C1. The van der Waals surface area contributed by atoms with Crippen LogP contribution in [0.3, 0.4) is 0 Å². The number of ether oxygens (including phenoxy) is 1. The molecule has 0 spiro atoms. The van der Waals surface area contributed by atoms with E-state index in [9.17, 15) is 9.18 Å². The first-order chi connectivity index (χ1) is 9.77. The number of benzene rings is 1. The van der Waals surface area contributed by atoms with Crippen LogP contribution in [0.5, 0.6) is 0 Å². The molecular weight excluding hydrogens is 271 g/mol. The summed E-state index contributed by atoms with van der Waals surface area (Å²) in [5, 5.41) is 8.81. The Hall–Kier alpha value is -1.42. The van der Waals surface area contributed by atoms with Crippen LogP contribution in [-0.2, 0) is 11.3 Å². The van der Waals surface area contributed by atoms with Gasteiger partial charge in [0.25, 0.3) is 0 Å². The van der Waals surface area contributed by atoms with Gasteiger partial charge in [-0.1, -0.05) is 26.8 Å². The van der Waals surface area contributed by atoms with Gasteiger partial charge in [0, 0.05) is 0 Å². The second-order valence-corrected chi connectivity index (χ2v) is 6.97. The molecule has 1 aromatic rings. The predicted molar refractivity (Wildman–Crippen MR) is 78.7 cm³/mol. The molecule has 1 aromatic carbocycles. The van der Waals surface area contributed by atoms with Gasteiger partial charge in [-0.25, -0.2) is 9.18 Å². The highest BCUT2D eigenvalue weighted by atomic mass is 19.1. The fraction of sp³-hybridized carbons (Fsp3) is 0.588. The van der Waals surface area contributed by atoms with Crippen LogP contribution in [0.15, 0.2) is 18.2 Å². The van der Waals surface area contributed by atoms with E-state index < -0.39 is 11.8 Å². The molecule has 1 aliphatic rings. The molecule has 0 aromatic heterocycles. The summed E-state index contributed by atoms with van der Waals surface area (Å²) in [6, 6.07) is 4.16. The lowest BCUT2D eigenvalue weighted by Crippen LogP contribution is -2.32. The predicted octanol–water partition coefficient (Wildman–Crippen LogP) is 4.26. The molecule has 0 bridgehead atoms.